The molecule has 0 aliphatic carbocycles. The van der Waals surface area contributed by atoms with E-state index in [1.165, 1.54) is 17.4 Å². The largest absolute Gasteiger partial charge is 0.478 e. The third-order valence-electron chi connectivity index (χ3n) is 5.05. The van der Waals surface area contributed by atoms with Crippen molar-refractivity contribution in [3.05, 3.63) is 53.3 Å². The summed E-state index contributed by atoms with van der Waals surface area (Å²) in [6, 6.07) is 11.8. The molecule has 0 spiro atoms. The fourth-order valence-corrected chi connectivity index (χ4v) is 4.51. The third-order valence-corrected chi connectivity index (χ3v) is 6.21. The number of hydrogen-bond acceptors (Lipinski definition) is 5. The lowest BCUT2D eigenvalue weighted by Crippen LogP contribution is -2.52. The van der Waals surface area contributed by atoms with Crippen molar-refractivity contribution in [2.45, 2.75) is 38.4 Å². The lowest BCUT2D eigenvalue weighted by atomic mass is 10.0. The Bertz CT molecular complexity index is 1050. The molecule has 158 valence electrons. The number of hydrogen-bond donors (Lipinski definition) is 0. The van der Waals surface area contributed by atoms with E-state index in [2.05, 4.69) is 4.98 Å². The maximum absolute atomic E-state index is 13.8. The van der Waals surface area contributed by atoms with Gasteiger partial charge in [0, 0.05) is 31.0 Å². The normalized spacial score (nSPS) is 15.4. The van der Waals surface area contributed by atoms with Crippen molar-refractivity contribution in [1.82, 2.24) is 9.88 Å². The van der Waals surface area contributed by atoms with Gasteiger partial charge in [0.2, 0.25) is 0 Å². The summed E-state index contributed by atoms with van der Waals surface area (Å²) < 4.78 is 26.5. The summed E-state index contributed by atoms with van der Waals surface area (Å²) in [5, 5.41) is 1.08. The van der Waals surface area contributed by atoms with Crippen molar-refractivity contribution in [1.29, 1.82) is 0 Å². The number of carbonyl (C=O) groups is 1. The number of benzene rings is 2. The predicted molar refractivity (Wildman–Crippen MR) is 116 cm³/mol. The Labute approximate surface area is 183 Å². The van der Waals surface area contributed by atoms with E-state index >= 15 is 0 Å². The van der Waals surface area contributed by atoms with E-state index in [0.29, 0.717) is 47.4 Å². The minimum absolute atomic E-state index is 0.0574. The Morgan fingerprint density at radius 1 is 1.20 bits per heavy atom. The summed E-state index contributed by atoms with van der Waals surface area (Å²) in [4.78, 5) is 19.1. The summed E-state index contributed by atoms with van der Waals surface area (Å²) >= 11 is 7.24. The Kier molecular flexibility index (Phi) is 5.84. The molecule has 4 rings (SSSR count). The number of likely N-dealkylation sites (tertiary alicyclic amines) is 1. The Balaban J connectivity index is 1.34. The zero-order valence-corrected chi connectivity index (χ0v) is 18.3. The monoisotopic (exact) mass is 448 g/mol. The second-order valence-corrected chi connectivity index (χ2v) is 9.17. The van der Waals surface area contributed by atoms with Gasteiger partial charge in [0.05, 0.1) is 4.70 Å². The van der Waals surface area contributed by atoms with Gasteiger partial charge in [-0.1, -0.05) is 29.0 Å². The van der Waals surface area contributed by atoms with Crippen LogP contribution in [0.4, 0.5) is 4.39 Å². The lowest BCUT2D eigenvalue weighted by Gasteiger charge is -2.36. The van der Waals surface area contributed by atoms with Crippen LogP contribution in [0.3, 0.4) is 0 Å². The fourth-order valence-electron chi connectivity index (χ4n) is 3.49. The van der Waals surface area contributed by atoms with Crippen molar-refractivity contribution in [2.75, 3.05) is 13.1 Å². The maximum Gasteiger partial charge on any atom is 0.274 e. The van der Waals surface area contributed by atoms with Crippen molar-refractivity contribution >= 4 is 39.1 Å². The number of para-hydroxylation sites is 1. The molecule has 1 aliphatic heterocycles. The molecule has 8 heteroatoms. The first-order chi connectivity index (χ1) is 14.3. The first kappa shape index (κ1) is 20.9. The van der Waals surface area contributed by atoms with Crippen LogP contribution < -0.4 is 9.47 Å². The smallest absolute Gasteiger partial charge is 0.274 e. The highest BCUT2D eigenvalue weighted by molar-refractivity contribution is 7.20. The maximum atomic E-state index is 13.8. The molecular formula is C22H22ClFN2O3S. The topological polar surface area (TPSA) is 51.7 Å². The van der Waals surface area contributed by atoms with Gasteiger partial charge in [-0.25, -0.2) is 4.39 Å². The molecule has 2 aromatic carbocycles. The minimum atomic E-state index is -0.994. The van der Waals surface area contributed by atoms with E-state index in [4.69, 9.17) is 21.1 Å². The number of thiazole rings is 1. The summed E-state index contributed by atoms with van der Waals surface area (Å²) in [6.45, 7) is 4.66. The first-order valence-corrected chi connectivity index (χ1v) is 11.0. The number of aromatic nitrogens is 1. The molecule has 0 atom stereocenters. The fraction of sp³-hybridized carbons (Fsp3) is 0.364. The number of amides is 1. The SMILES string of the molecule is CC(C)(Oc1ccc(Cl)cc1)C(=O)N1CCC(Oc2nc3c(F)cccc3s2)CC1. The predicted octanol–water partition coefficient (Wildman–Crippen LogP) is 5.32. The molecule has 1 aliphatic rings. The van der Waals surface area contributed by atoms with Gasteiger partial charge in [0.15, 0.2) is 5.60 Å². The van der Waals surface area contributed by atoms with Gasteiger partial charge in [-0.15, -0.1) is 0 Å². The highest BCUT2D eigenvalue weighted by Crippen LogP contribution is 2.31. The number of piperidine rings is 1. The molecule has 5 nitrogen and oxygen atoms in total. The molecule has 3 aromatic rings. The van der Waals surface area contributed by atoms with Gasteiger partial charge in [-0.2, -0.15) is 4.98 Å². The summed E-state index contributed by atoms with van der Waals surface area (Å²) in [6.07, 6.45) is 1.31. The van der Waals surface area contributed by atoms with E-state index in [9.17, 15) is 9.18 Å². The zero-order chi connectivity index (χ0) is 21.3. The van der Waals surface area contributed by atoms with Crippen LogP contribution in [0.5, 0.6) is 10.9 Å². The van der Waals surface area contributed by atoms with Gasteiger partial charge < -0.3 is 14.4 Å². The standard InChI is InChI=1S/C22H22ClFN2O3S/c1-22(2,29-16-8-6-14(23)7-9-16)20(27)26-12-10-15(11-13-26)28-21-25-19-17(24)4-3-5-18(19)30-21/h3-9,15H,10-13H2,1-2H3. The van der Waals surface area contributed by atoms with Crippen molar-refractivity contribution in [2.24, 2.45) is 0 Å². The summed E-state index contributed by atoms with van der Waals surface area (Å²) in [5.74, 6) is 0.180. The van der Waals surface area contributed by atoms with Crippen LogP contribution in [0.1, 0.15) is 26.7 Å². The average Bonchev–Trinajstić information content (AvgIpc) is 3.13. The molecule has 1 saturated heterocycles. The molecule has 30 heavy (non-hydrogen) atoms. The van der Waals surface area contributed by atoms with E-state index < -0.39 is 5.60 Å². The Hall–Kier alpha value is -2.38. The third kappa shape index (κ3) is 4.52. The number of halogens is 2. The molecule has 1 amide bonds. The molecule has 1 fully saturated rings. The number of rotatable bonds is 5. The number of fused-ring (bicyclic) bond motifs is 1. The van der Waals surface area contributed by atoms with E-state index in [1.807, 2.05) is 6.07 Å². The second kappa shape index (κ2) is 8.40. The van der Waals surface area contributed by atoms with Gasteiger partial charge in [-0.3, -0.25) is 4.79 Å². The van der Waals surface area contributed by atoms with Crippen LogP contribution in [0.25, 0.3) is 10.2 Å². The quantitative estimate of drug-likeness (QED) is 0.530. The molecule has 2 heterocycles. The van der Waals surface area contributed by atoms with Crippen LogP contribution in [0, 0.1) is 5.82 Å². The van der Waals surface area contributed by atoms with Crippen LogP contribution in [-0.2, 0) is 4.79 Å². The van der Waals surface area contributed by atoms with Crippen molar-refractivity contribution in [3.63, 3.8) is 0 Å². The van der Waals surface area contributed by atoms with Crippen LogP contribution >= 0.6 is 22.9 Å². The Morgan fingerprint density at radius 3 is 2.57 bits per heavy atom. The van der Waals surface area contributed by atoms with E-state index in [-0.39, 0.29) is 17.8 Å². The van der Waals surface area contributed by atoms with Crippen molar-refractivity contribution in [3.8, 4) is 10.9 Å². The van der Waals surface area contributed by atoms with Crippen molar-refractivity contribution < 1.29 is 18.7 Å². The molecule has 0 radical (unpaired) electrons. The molecule has 0 bridgehead atoms. The van der Waals surface area contributed by atoms with Gasteiger partial charge in [0.1, 0.15) is 23.2 Å². The number of nitrogens with zero attached hydrogens (tertiary/aromatic N) is 2. The highest BCUT2D eigenvalue weighted by Gasteiger charge is 2.36. The first-order valence-electron chi connectivity index (χ1n) is 9.77. The number of carbonyl (C=O) groups excluding carboxylic acids is 1. The minimum Gasteiger partial charge on any atom is -0.478 e. The lowest BCUT2D eigenvalue weighted by molar-refractivity contribution is -0.147. The van der Waals surface area contributed by atoms with Crippen LogP contribution in [0.15, 0.2) is 42.5 Å². The average molecular weight is 449 g/mol. The van der Waals surface area contributed by atoms with Crippen LogP contribution in [-0.4, -0.2) is 40.6 Å². The van der Waals surface area contributed by atoms with E-state index in [1.54, 1.807) is 49.1 Å². The summed E-state index contributed by atoms with van der Waals surface area (Å²) in [7, 11) is 0. The molecular weight excluding hydrogens is 427 g/mol. The molecule has 0 unspecified atom stereocenters. The highest BCUT2D eigenvalue weighted by atomic mass is 35.5. The molecule has 1 aromatic heterocycles. The van der Waals surface area contributed by atoms with Gasteiger partial charge in [-0.05, 0) is 50.2 Å². The molecule has 0 saturated carbocycles. The van der Waals surface area contributed by atoms with Gasteiger partial charge in [0.25, 0.3) is 11.1 Å². The summed E-state index contributed by atoms with van der Waals surface area (Å²) in [5.41, 5.74) is -0.655. The van der Waals surface area contributed by atoms with Crippen LogP contribution in [0.2, 0.25) is 5.02 Å². The van der Waals surface area contributed by atoms with Gasteiger partial charge >= 0.3 is 0 Å². The van der Waals surface area contributed by atoms with E-state index in [0.717, 1.165) is 4.70 Å². The Morgan fingerprint density at radius 2 is 1.90 bits per heavy atom. The second-order valence-electron chi connectivity index (χ2n) is 7.74. The number of ether oxygens (including phenoxy) is 2. The molecule has 0 N–H and O–H groups in total. The zero-order valence-electron chi connectivity index (χ0n) is 16.7.